The molecule has 0 aliphatic heterocycles. The van der Waals surface area contributed by atoms with Gasteiger partial charge in [0.05, 0.1) is 18.3 Å². The van der Waals surface area contributed by atoms with Crippen LogP contribution in [0, 0.1) is 46.3 Å². The van der Waals surface area contributed by atoms with E-state index in [9.17, 15) is 15.3 Å². The van der Waals surface area contributed by atoms with Crippen LogP contribution < -0.4 is 0 Å². The third-order valence-electron chi connectivity index (χ3n) is 10.4. The highest BCUT2D eigenvalue weighted by Crippen LogP contribution is 2.67. The number of allylic oxidation sites excluding steroid dienone is 1. The maximum atomic E-state index is 11.2. The predicted molar refractivity (Wildman–Crippen MR) is 122 cm³/mol. The van der Waals surface area contributed by atoms with Crippen LogP contribution in [0.1, 0.15) is 92.4 Å². The molecule has 3 nitrogen and oxygen atoms in total. The van der Waals surface area contributed by atoms with E-state index in [1.54, 1.807) is 0 Å². The van der Waals surface area contributed by atoms with Crippen LogP contribution in [0.15, 0.2) is 11.6 Å². The summed E-state index contributed by atoms with van der Waals surface area (Å²) in [5.41, 5.74) is 1.89. The molecule has 3 fully saturated rings. The SMILES string of the molecule is CC(C)CCC(O)C(C)[C@H]1C(O)C[C@H]2[C@@H]3CC=C4C[C@@H](O)CC[C@]4(C)[C@H]3CC[C@]12C. The average molecular weight is 419 g/mol. The number of rotatable bonds is 5. The lowest BCUT2D eigenvalue weighted by atomic mass is 9.47. The lowest BCUT2D eigenvalue weighted by Crippen LogP contribution is -2.51. The quantitative estimate of drug-likeness (QED) is 0.529. The fraction of sp³-hybridized carbons (Fsp3) is 0.926. The van der Waals surface area contributed by atoms with Crippen LogP contribution in [0.2, 0.25) is 0 Å². The Balaban J connectivity index is 1.56. The Morgan fingerprint density at radius 3 is 2.47 bits per heavy atom. The van der Waals surface area contributed by atoms with E-state index in [-0.39, 0.29) is 41.0 Å². The molecule has 0 radical (unpaired) electrons. The van der Waals surface area contributed by atoms with Crippen LogP contribution in [-0.4, -0.2) is 33.6 Å². The summed E-state index contributed by atoms with van der Waals surface area (Å²) in [4.78, 5) is 0. The Hall–Kier alpha value is -0.380. The summed E-state index contributed by atoms with van der Waals surface area (Å²) in [6.07, 6.45) is 11.0. The van der Waals surface area contributed by atoms with Gasteiger partial charge in [0.2, 0.25) is 0 Å². The summed E-state index contributed by atoms with van der Waals surface area (Å²) >= 11 is 0. The molecule has 0 aromatic heterocycles. The topological polar surface area (TPSA) is 60.7 Å². The molecule has 172 valence electrons. The van der Waals surface area contributed by atoms with Crippen molar-refractivity contribution in [2.24, 2.45) is 46.3 Å². The van der Waals surface area contributed by atoms with E-state index in [0.29, 0.717) is 23.7 Å². The first kappa shape index (κ1) is 22.8. The van der Waals surface area contributed by atoms with Crippen molar-refractivity contribution in [2.75, 3.05) is 0 Å². The van der Waals surface area contributed by atoms with Gasteiger partial charge in [-0.05, 0) is 104 Å². The maximum absolute atomic E-state index is 11.2. The Morgan fingerprint density at radius 2 is 1.77 bits per heavy atom. The molecule has 0 aromatic rings. The van der Waals surface area contributed by atoms with Gasteiger partial charge in [-0.25, -0.2) is 0 Å². The van der Waals surface area contributed by atoms with E-state index in [2.05, 4.69) is 40.7 Å². The van der Waals surface area contributed by atoms with Crippen molar-refractivity contribution in [2.45, 2.75) is 111 Å². The third-order valence-corrected chi connectivity index (χ3v) is 10.4. The number of aliphatic hydroxyl groups is 3. The van der Waals surface area contributed by atoms with Gasteiger partial charge in [0.25, 0.3) is 0 Å². The third kappa shape index (κ3) is 3.61. The van der Waals surface area contributed by atoms with Crippen molar-refractivity contribution in [1.82, 2.24) is 0 Å². The molecule has 4 aliphatic rings. The highest BCUT2D eigenvalue weighted by Gasteiger charge is 2.62. The normalized spacial score (nSPS) is 47.8. The van der Waals surface area contributed by atoms with Crippen LogP contribution in [0.3, 0.4) is 0 Å². The van der Waals surface area contributed by atoms with E-state index in [0.717, 1.165) is 44.9 Å². The fourth-order valence-electron chi connectivity index (χ4n) is 8.65. The smallest absolute Gasteiger partial charge is 0.0580 e. The minimum Gasteiger partial charge on any atom is -0.393 e. The number of aliphatic hydroxyl groups excluding tert-OH is 3. The first-order valence-electron chi connectivity index (χ1n) is 12.8. The molecular formula is C27H46O3. The minimum atomic E-state index is -0.310. The van der Waals surface area contributed by atoms with Gasteiger partial charge in [-0.15, -0.1) is 0 Å². The summed E-state index contributed by atoms with van der Waals surface area (Å²) in [7, 11) is 0. The van der Waals surface area contributed by atoms with Crippen molar-refractivity contribution in [3.8, 4) is 0 Å². The molecule has 3 N–H and O–H groups in total. The first-order valence-corrected chi connectivity index (χ1v) is 12.8. The summed E-state index contributed by atoms with van der Waals surface area (Å²) in [6, 6.07) is 0. The van der Waals surface area contributed by atoms with Crippen molar-refractivity contribution in [3.05, 3.63) is 11.6 Å². The van der Waals surface area contributed by atoms with Crippen molar-refractivity contribution in [1.29, 1.82) is 0 Å². The van der Waals surface area contributed by atoms with Crippen LogP contribution in [0.5, 0.6) is 0 Å². The monoisotopic (exact) mass is 418 g/mol. The van der Waals surface area contributed by atoms with E-state index < -0.39 is 0 Å². The molecule has 3 heteroatoms. The first-order chi connectivity index (χ1) is 14.1. The molecule has 4 aliphatic carbocycles. The molecule has 30 heavy (non-hydrogen) atoms. The van der Waals surface area contributed by atoms with Gasteiger partial charge in [-0.1, -0.05) is 46.3 Å². The molecular weight excluding hydrogens is 372 g/mol. The number of hydrogen-bond donors (Lipinski definition) is 3. The largest absolute Gasteiger partial charge is 0.393 e. The Labute approximate surface area is 184 Å². The second-order valence-corrected chi connectivity index (χ2v) is 12.4. The molecule has 0 saturated heterocycles. The second-order valence-electron chi connectivity index (χ2n) is 12.4. The Morgan fingerprint density at radius 1 is 1.03 bits per heavy atom. The maximum Gasteiger partial charge on any atom is 0.0580 e. The highest BCUT2D eigenvalue weighted by atomic mass is 16.3. The van der Waals surface area contributed by atoms with E-state index >= 15 is 0 Å². The Kier molecular flexibility index (Phi) is 6.23. The summed E-state index contributed by atoms with van der Waals surface area (Å²) < 4.78 is 0. The van der Waals surface area contributed by atoms with Gasteiger partial charge < -0.3 is 15.3 Å². The zero-order chi connectivity index (χ0) is 21.8. The molecule has 0 spiro atoms. The molecule has 0 amide bonds. The molecule has 0 bridgehead atoms. The van der Waals surface area contributed by atoms with Crippen LogP contribution in [0.4, 0.5) is 0 Å². The fourth-order valence-corrected chi connectivity index (χ4v) is 8.65. The molecule has 3 saturated carbocycles. The van der Waals surface area contributed by atoms with Gasteiger partial charge >= 0.3 is 0 Å². The predicted octanol–water partition coefficient (Wildman–Crippen LogP) is 5.33. The minimum absolute atomic E-state index is 0.134. The molecule has 10 atom stereocenters. The van der Waals surface area contributed by atoms with Gasteiger partial charge in [-0.2, -0.15) is 0 Å². The zero-order valence-electron chi connectivity index (χ0n) is 20.0. The molecule has 0 aromatic carbocycles. The van der Waals surface area contributed by atoms with Gasteiger partial charge in [-0.3, -0.25) is 0 Å². The van der Waals surface area contributed by atoms with E-state index in [1.165, 1.54) is 18.4 Å². The summed E-state index contributed by atoms with van der Waals surface area (Å²) in [5.74, 6) is 2.86. The molecule has 3 unspecified atom stereocenters. The second kappa shape index (κ2) is 8.19. The summed E-state index contributed by atoms with van der Waals surface area (Å²) in [6.45, 7) is 11.5. The van der Waals surface area contributed by atoms with Gasteiger partial charge in [0.1, 0.15) is 0 Å². The van der Waals surface area contributed by atoms with E-state index in [1.807, 2.05) is 0 Å². The van der Waals surface area contributed by atoms with Crippen LogP contribution >= 0.6 is 0 Å². The zero-order valence-corrected chi connectivity index (χ0v) is 20.0. The Bertz CT molecular complexity index is 656. The van der Waals surface area contributed by atoms with Crippen LogP contribution in [-0.2, 0) is 0 Å². The lowest BCUT2D eigenvalue weighted by molar-refractivity contribution is -0.0768. The molecule has 4 rings (SSSR count). The number of hydrogen-bond acceptors (Lipinski definition) is 3. The van der Waals surface area contributed by atoms with Crippen LogP contribution in [0.25, 0.3) is 0 Å². The summed E-state index contributed by atoms with van der Waals surface area (Å²) in [5, 5.41) is 32.4. The van der Waals surface area contributed by atoms with E-state index in [4.69, 9.17) is 0 Å². The van der Waals surface area contributed by atoms with Crippen molar-refractivity contribution < 1.29 is 15.3 Å². The highest BCUT2D eigenvalue weighted by molar-refractivity contribution is 5.25. The van der Waals surface area contributed by atoms with Crippen molar-refractivity contribution in [3.63, 3.8) is 0 Å². The lowest BCUT2D eigenvalue weighted by Gasteiger charge is -2.58. The standard InChI is InChI=1S/C27H46O3/c1-16(2)6-9-23(29)17(3)25-24(30)15-22-20-8-7-18-14-19(28)10-12-26(18,4)21(20)11-13-27(22,25)5/h7,16-17,19-25,28-30H,6,8-15H2,1-5H3/t17?,19-,20+,21-,22-,23?,24?,25-,26-,27-/m0/s1. The number of fused-ring (bicyclic) bond motifs is 5. The van der Waals surface area contributed by atoms with Gasteiger partial charge in [0, 0.05) is 0 Å². The van der Waals surface area contributed by atoms with Gasteiger partial charge in [0.15, 0.2) is 0 Å². The van der Waals surface area contributed by atoms with Crippen molar-refractivity contribution >= 4 is 0 Å². The average Bonchev–Trinajstić information content (AvgIpc) is 2.96. The molecule has 0 heterocycles.